The van der Waals surface area contributed by atoms with E-state index < -0.39 is 43.2 Å². The van der Waals surface area contributed by atoms with Gasteiger partial charge in [-0.1, -0.05) is 62.1 Å². The zero-order chi connectivity index (χ0) is 42.9. The molecule has 1 aliphatic rings. The molecular weight excluding hydrogens is 765 g/mol. The van der Waals surface area contributed by atoms with Gasteiger partial charge in [0.05, 0.1) is 44.0 Å². The number of rotatable bonds is 26. The maximum atomic E-state index is 13.6. The van der Waals surface area contributed by atoms with Crippen LogP contribution in [0.2, 0.25) is 0 Å². The molecule has 3 aromatic carbocycles. The van der Waals surface area contributed by atoms with Gasteiger partial charge >= 0.3 is 0 Å². The molecule has 0 aromatic heterocycles. The molecule has 0 aliphatic carbocycles. The first-order valence-electron chi connectivity index (χ1n) is 20.4. The predicted octanol–water partition coefficient (Wildman–Crippen LogP) is 3.09. The second-order valence-corrected chi connectivity index (χ2v) is 15.2. The van der Waals surface area contributed by atoms with Gasteiger partial charge in [-0.05, 0) is 85.2 Å². The number of aliphatic hydroxyl groups is 7. The van der Waals surface area contributed by atoms with Crippen LogP contribution in [0, 0.1) is 11.7 Å². The second-order valence-electron chi connectivity index (χ2n) is 15.2. The zero-order valence-electron chi connectivity index (χ0n) is 33.5. The van der Waals surface area contributed by atoms with Crippen LogP contribution in [0.3, 0.4) is 0 Å². The first-order valence-corrected chi connectivity index (χ1v) is 20.4. The number of methoxy groups -OCH3 is 1. The molecule has 324 valence electrons. The number of hydrogen-bond donors (Lipinski definition) is 9. The van der Waals surface area contributed by atoms with Crippen molar-refractivity contribution in [2.45, 2.75) is 120 Å². The summed E-state index contributed by atoms with van der Waals surface area (Å²) in [6, 6.07) is 20.4. The topological polar surface area (TPSA) is 229 Å². The van der Waals surface area contributed by atoms with Gasteiger partial charge in [0.2, 0.25) is 17.7 Å². The summed E-state index contributed by atoms with van der Waals surface area (Å²) in [7, 11) is 1.59. The van der Waals surface area contributed by atoms with Gasteiger partial charge in [0.25, 0.3) is 0 Å². The van der Waals surface area contributed by atoms with Crippen molar-refractivity contribution in [3.05, 3.63) is 95.3 Å². The largest absolute Gasteiger partial charge is 0.497 e. The van der Waals surface area contributed by atoms with Gasteiger partial charge < -0.3 is 56.0 Å². The third kappa shape index (κ3) is 14.3. The molecule has 9 N–H and O–H groups in total. The Hall–Kier alpha value is -4.48. The highest BCUT2D eigenvalue weighted by atomic mass is 19.1. The molecule has 3 aromatic rings. The number of benzene rings is 3. The standard InChI is InChI=1S/C44H60FN3O11/c1-59-34-20-13-30(14-21-34)41-35(22-23-36(51)29-11-15-31(45)16-12-29)44(58)48(41)32-17-9-28(10-18-32)25-46-40(55)24-19-33(50)7-5-3-2-4-6-8-39(54)47-26-37(52)42(56)43(57)38(53)27-49/h9-18,20-21,33,35-38,41-43,49-53,56-57H,2-8,19,22-27H2,1H3,(H,46,55)(H,47,54)/t33?,35-,36+,37+,38-,41-,42-,43-/m1/s1. The van der Waals surface area contributed by atoms with E-state index in [2.05, 4.69) is 10.6 Å². The molecule has 8 atom stereocenters. The Morgan fingerprint density at radius 2 is 1.37 bits per heavy atom. The SMILES string of the molecule is COc1ccc([C@@H]2[C@@H](CC[C@H](O)c3ccc(F)cc3)C(=O)N2c2ccc(CNC(=O)CCC(O)CCCCCCCC(=O)NC[C@H](O)[C@@H](O)[C@H](O)[C@H](O)CO)cc2)cc1. The van der Waals surface area contributed by atoms with E-state index in [0.29, 0.717) is 49.1 Å². The number of nitrogens with one attached hydrogen (secondary N) is 2. The first-order chi connectivity index (χ1) is 28.3. The molecule has 4 rings (SSSR count). The van der Waals surface area contributed by atoms with Crippen molar-refractivity contribution in [2.75, 3.05) is 25.2 Å². The van der Waals surface area contributed by atoms with E-state index in [1.165, 1.54) is 12.1 Å². The average Bonchev–Trinajstić information content (AvgIpc) is 3.25. The van der Waals surface area contributed by atoms with Gasteiger partial charge in [-0.15, -0.1) is 0 Å². The minimum absolute atomic E-state index is 0.0633. The number of halogens is 1. The lowest BCUT2D eigenvalue weighted by Crippen LogP contribution is -2.55. The molecule has 0 radical (unpaired) electrons. The van der Waals surface area contributed by atoms with Gasteiger partial charge in [0, 0.05) is 31.6 Å². The third-order valence-electron chi connectivity index (χ3n) is 10.9. The number of aliphatic hydroxyl groups excluding tert-OH is 7. The molecule has 59 heavy (non-hydrogen) atoms. The van der Waals surface area contributed by atoms with Crippen molar-refractivity contribution in [1.82, 2.24) is 10.6 Å². The van der Waals surface area contributed by atoms with E-state index in [-0.39, 0.29) is 61.4 Å². The smallest absolute Gasteiger partial charge is 0.233 e. The molecule has 15 heteroatoms. The molecular formula is C44H60FN3O11. The number of anilines is 1. The molecule has 14 nitrogen and oxygen atoms in total. The van der Waals surface area contributed by atoms with Crippen LogP contribution >= 0.6 is 0 Å². The number of hydrogen-bond acceptors (Lipinski definition) is 11. The van der Waals surface area contributed by atoms with E-state index in [0.717, 1.165) is 36.8 Å². The first kappa shape index (κ1) is 47.2. The number of ether oxygens (including phenoxy) is 1. The average molecular weight is 826 g/mol. The Bertz CT molecular complexity index is 1730. The van der Waals surface area contributed by atoms with Gasteiger partial charge in [-0.3, -0.25) is 14.4 Å². The van der Waals surface area contributed by atoms with Crippen LogP contribution in [0.5, 0.6) is 5.75 Å². The molecule has 0 bridgehead atoms. The second kappa shape index (κ2) is 23.9. The molecule has 1 saturated heterocycles. The minimum Gasteiger partial charge on any atom is -0.497 e. The highest BCUT2D eigenvalue weighted by molar-refractivity contribution is 6.03. The Morgan fingerprint density at radius 1 is 0.746 bits per heavy atom. The monoisotopic (exact) mass is 825 g/mol. The summed E-state index contributed by atoms with van der Waals surface area (Å²) in [5.74, 6) is -0.632. The van der Waals surface area contributed by atoms with E-state index in [9.17, 15) is 49.4 Å². The maximum absolute atomic E-state index is 13.6. The maximum Gasteiger partial charge on any atom is 0.233 e. The van der Waals surface area contributed by atoms with Crippen LogP contribution in [0.1, 0.15) is 99.5 Å². The van der Waals surface area contributed by atoms with Crippen LogP contribution in [0.15, 0.2) is 72.8 Å². The highest BCUT2D eigenvalue weighted by Gasteiger charge is 2.48. The van der Waals surface area contributed by atoms with Crippen LogP contribution in [0.25, 0.3) is 0 Å². The fourth-order valence-corrected chi connectivity index (χ4v) is 7.18. The van der Waals surface area contributed by atoms with Gasteiger partial charge in [0.1, 0.15) is 29.9 Å². The number of carbonyl (C=O) groups excluding carboxylic acids is 3. The van der Waals surface area contributed by atoms with Crippen molar-refractivity contribution in [1.29, 1.82) is 0 Å². The molecule has 0 saturated carbocycles. The van der Waals surface area contributed by atoms with Crippen LogP contribution < -0.4 is 20.3 Å². The van der Waals surface area contributed by atoms with Gasteiger partial charge in [-0.2, -0.15) is 0 Å². The summed E-state index contributed by atoms with van der Waals surface area (Å²) in [5.41, 5.74) is 3.08. The molecule has 3 amide bonds. The van der Waals surface area contributed by atoms with Crippen molar-refractivity contribution in [3.63, 3.8) is 0 Å². The van der Waals surface area contributed by atoms with E-state index in [1.54, 1.807) is 24.1 Å². The Balaban J connectivity index is 1.13. The summed E-state index contributed by atoms with van der Waals surface area (Å²) in [4.78, 5) is 39.9. The number of carbonyl (C=O) groups is 3. The summed E-state index contributed by atoms with van der Waals surface area (Å²) < 4.78 is 18.7. The van der Waals surface area contributed by atoms with Gasteiger partial charge in [-0.25, -0.2) is 4.39 Å². The minimum atomic E-state index is -1.75. The number of β-lactam (4-membered cyclic amide) rings is 1. The molecule has 1 aliphatic heterocycles. The fraction of sp³-hybridized carbons (Fsp3) is 0.523. The van der Waals surface area contributed by atoms with E-state index in [4.69, 9.17) is 9.84 Å². The zero-order valence-corrected chi connectivity index (χ0v) is 33.5. The third-order valence-corrected chi connectivity index (χ3v) is 10.9. The lowest BCUT2D eigenvalue weighted by Gasteiger charge is -2.48. The number of unbranched alkanes of at least 4 members (excludes halogenated alkanes) is 4. The Labute approximate surface area is 344 Å². The molecule has 1 unspecified atom stereocenters. The summed E-state index contributed by atoms with van der Waals surface area (Å²) in [6.07, 6.45) is -2.17. The lowest BCUT2D eigenvalue weighted by molar-refractivity contribution is -0.131. The van der Waals surface area contributed by atoms with Crippen molar-refractivity contribution < 1.29 is 59.3 Å². The summed E-state index contributed by atoms with van der Waals surface area (Å²) in [5, 5.41) is 74.1. The van der Waals surface area contributed by atoms with Crippen LogP contribution in [0.4, 0.5) is 10.1 Å². The van der Waals surface area contributed by atoms with E-state index in [1.807, 2.05) is 48.5 Å². The number of amides is 3. The normalized spacial score (nSPS) is 18.3. The summed E-state index contributed by atoms with van der Waals surface area (Å²) >= 11 is 0. The number of nitrogens with zero attached hydrogens (tertiary/aromatic N) is 1. The van der Waals surface area contributed by atoms with Gasteiger partial charge in [0.15, 0.2) is 0 Å². The lowest BCUT2D eigenvalue weighted by atomic mass is 9.78. The van der Waals surface area contributed by atoms with Crippen molar-refractivity contribution in [2.24, 2.45) is 5.92 Å². The van der Waals surface area contributed by atoms with E-state index >= 15 is 0 Å². The Morgan fingerprint density at radius 3 is 2.03 bits per heavy atom. The predicted molar refractivity (Wildman–Crippen MR) is 217 cm³/mol. The Kier molecular flexibility index (Phi) is 19.2. The van der Waals surface area contributed by atoms with Crippen LogP contribution in [-0.4, -0.2) is 104 Å². The quantitative estimate of drug-likeness (QED) is 0.0422. The highest BCUT2D eigenvalue weighted by Crippen LogP contribution is 2.46. The molecule has 1 heterocycles. The van der Waals surface area contributed by atoms with Crippen LogP contribution in [-0.2, 0) is 20.9 Å². The molecule has 0 spiro atoms. The molecule has 1 fully saturated rings. The van der Waals surface area contributed by atoms with Crippen molar-refractivity contribution in [3.8, 4) is 5.75 Å². The summed E-state index contributed by atoms with van der Waals surface area (Å²) in [6.45, 7) is -0.813. The van der Waals surface area contributed by atoms with Crippen molar-refractivity contribution >= 4 is 23.4 Å². The fourth-order valence-electron chi connectivity index (χ4n) is 7.18.